The number of carbonyl (C=O) groups excluding carboxylic acids is 1. The molecule has 0 saturated heterocycles. The number of Topliss-reactive ketones (excluding diaryl/α,β-unsaturated/α-hetero) is 1. The molecule has 0 aromatic heterocycles. The second-order valence-electron chi connectivity index (χ2n) is 7.71. The van der Waals surface area contributed by atoms with E-state index in [2.05, 4.69) is 38.2 Å². The zero-order chi connectivity index (χ0) is 20.5. The van der Waals surface area contributed by atoms with Crippen LogP contribution in [0.15, 0.2) is 40.6 Å². The van der Waals surface area contributed by atoms with Gasteiger partial charge in [0.25, 0.3) is 0 Å². The predicted molar refractivity (Wildman–Crippen MR) is 111 cm³/mol. The normalized spacial score (nSPS) is 23.3. The van der Waals surface area contributed by atoms with Crippen molar-refractivity contribution >= 4 is 17.5 Å². The highest BCUT2D eigenvalue weighted by atomic mass is 32.2. The summed E-state index contributed by atoms with van der Waals surface area (Å²) in [6, 6.07) is 8.01. The van der Waals surface area contributed by atoms with Crippen LogP contribution in [0.1, 0.15) is 38.7 Å². The number of hydrogen-bond acceptors (Lipinski definition) is 6. The molecule has 1 aliphatic carbocycles. The van der Waals surface area contributed by atoms with E-state index in [0.717, 1.165) is 22.0 Å². The van der Waals surface area contributed by atoms with Crippen molar-refractivity contribution in [1.82, 2.24) is 5.32 Å². The number of methoxy groups -OCH3 is 2. The number of nitrogens with one attached hydrogen (secondary N) is 1. The smallest absolute Gasteiger partial charge is 0.161 e. The molecule has 1 N–H and O–H groups in total. The van der Waals surface area contributed by atoms with Gasteiger partial charge in [-0.15, -0.1) is 11.8 Å². The number of nitrogens with zero attached hydrogens (tertiary/aromatic N) is 1. The number of allylic oxidation sites excluding steroid dienone is 3. The van der Waals surface area contributed by atoms with Crippen LogP contribution in [-0.2, 0) is 4.79 Å². The first-order chi connectivity index (χ1) is 13.3. The average molecular weight is 399 g/mol. The van der Waals surface area contributed by atoms with Gasteiger partial charge in [0.05, 0.1) is 36.8 Å². The van der Waals surface area contributed by atoms with Gasteiger partial charge >= 0.3 is 0 Å². The van der Waals surface area contributed by atoms with Crippen LogP contribution in [0.2, 0.25) is 0 Å². The number of benzene rings is 1. The molecule has 5 nitrogen and oxygen atoms in total. The van der Waals surface area contributed by atoms with Gasteiger partial charge in [-0.2, -0.15) is 5.26 Å². The minimum absolute atomic E-state index is 0.156. The molecule has 3 rings (SSSR count). The van der Waals surface area contributed by atoms with E-state index in [1.165, 1.54) is 0 Å². The minimum atomic E-state index is -0.387. The second kappa shape index (κ2) is 7.92. The first kappa shape index (κ1) is 20.3. The lowest BCUT2D eigenvalue weighted by atomic mass is 9.67. The number of rotatable bonds is 5. The third-order valence-corrected chi connectivity index (χ3v) is 6.08. The maximum absolute atomic E-state index is 13.2. The van der Waals surface area contributed by atoms with Gasteiger partial charge in [0.2, 0.25) is 0 Å². The van der Waals surface area contributed by atoms with Gasteiger partial charge in [-0.25, -0.2) is 0 Å². The van der Waals surface area contributed by atoms with E-state index >= 15 is 0 Å². The molecule has 6 heteroatoms. The number of nitriles is 1. The molecule has 28 heavy (non-hydrogen) atoms. The third kappa shape index (κ3) is 3.64. The molecule has 0 bridgehead atoms. The van der Waals surface area contributed by atoms with Gasteiger partial charge in [0.15, 0.2) is 11.5 Å². The molecule has 1 aromatic carbocycles. The lowest BCUT2D eigenvalue weighted by Crippen LogP contribution is -2.41. The fourth-order valence-corrected chi connectivity index (χ4v) is 4.87. The molecule has 0 saturated carbocycles. The van der Waals surface area contributed by atoms with Gasteiger partial charge in [-0.05, 0) is 28.9 Å². The Morgan fingerprint density at radius 1 is 1.25 bits per heavy atom. The highest BCUT2D eigenvalue weighted by Gasteiger charge is 2.45. The molecule has 1 aliphatic heterocycles. The zero-order valence-electron chi connectivity index (χ0n) is 17.0. The van der Waals surface area contributed by atoms with Crippen molar-refractivity contribution in [2.24, 2.45) is 11.3 Å². The molecular weight excluding hydrogens is 372 g/mol. The first-order valence-electron chi connectivity index (χ1n) is 9.36. The van der Waals surface area contributed by atoms with Gasteiger partial charge in [-0.1, -0.05) is 32.9 Å². The van der Waals surface area contributed by atoms with Crippen LogP contribution in [0.4, 0.5) is 0 Å². The van der Waals surface area contributed by atoms with Gasteiger partial charge in [-0.3, -0.25) is 4.79 Å². The van der Waals surface area contributed by atoms with Crippen LogP contribution in [-0.4, -0.2) is 25.8 Å². The summed E-state index contributed by atoms with van der Waals surface area (Å²) in [5.74, 6) is 1.48. The molecule has 2 unspecified atom stereocenters. The van der Waals surface area contributed by atoms with Crippen LogP contribution in [0.5, 0.6) is 11.5 Å². The standard InChI is InChI=1S/C22H26N2O3S/c1-6-28-21-14(12-23)19(13-7-8-17(26-4)18(9-13)27-5)20-15(24-21)10-22(2,3)11-16(20)25/h7-10,19-20,24H,6,11H2,1-5H3. The molecule has 0 fully saturated rings. The Morgan fingerprint density at radius 2 is 1.96 bits per heavy atom. The van der Waals surface area contributed by atoms with Crippen molar-refractivity contribution in [1.29, 1.82) is 5.26 Å². The lowest BCUT2D eigenvalue weighted by Gasteiger charge is -2.40. The van der Waals surface area contributed by atoms with Crippen molar-refractivity contribution in [2.75, 3.05) is 20.0 Å². The maximum Gasteiger partial charge on any atom is 0.161 e. The van der Waals surface area contributed by atoms with E-state index in [1.807, 2.05) is 18.2 Å². The molecule has 0 spiro atoms. The predicted octanol–water partition coefficient (Wildman–Crippen LogP) is 4.38. The Hall–Kier alpha value is -2.39. The third-order valence-electron chi connectivity index (χ3n) is 5.18. The summed E-state index contributed by atoms with van der Waals surface area (Å²) in [4.78, 5) is 13.2. The van der Waals surface area contributed by atoms with Crippen LogP contribution in [0, 0.1) is 22.7 Å². The lowest BCUT2D eigenvalue weighted by molar-refractivity contribution is -0.124. The highest BCUT2D eigenvalue weighted by Crippen LogP contribution is 2.49. The van der Waals surface area contributed by atoms with E-state index in [-0.39, 0.29) is 23.0 Å². The van der Waals surface area contributed by atoms with Crippen molar-refractivity contribution in [3.63, 3.8) is 0 Å². The Balaban J connectivity index is 2.21. The number of ketones is 1. The molecule has 2 aliphatic rings. The Kier molecular flexibility index (Phi) is 5.76. The monoisotopic (exact) mass is 398 g/mol. The van der Waals surface area contributed by atoms with E-state index < -0.39 is 0 Å². The molecule has 148 valence electrons. The summed E-state index contributed by atoms with van der Waals surface area (Å²) in [7, 11) is 3.18. The van der Waals surface area contributed by atoms with Crippen molar-refractivity contribution in [3.05, 3.63) is 46.1 Å². The van der Waals surface area contributed by atoms with Crippen LogP contribution in [0.3, 0.4) is 0 Å². The molecule has 1 heterocycles. The first-order valence-corrected chi connectivity index (χ1v) is 10.3. The number of carbonyl (C=O) groups is 1. The number of ether oxygens (including phenoxy) is 2. The topological polar surface area (TPSA) is 71.3 Å². The summed E-state index contributed by atoms with van der Waals surface area (Å²) in [5.41, 5.74) is 2.18. The SMILES string of the molecule is CCSC1=C(C#N)C(c2ccc(OC)c(OC)c2)C2C(=O)CC(C)(C)C=C2N1. The van der Waals surface area contributed by atoms with Gasteiger partial charge in [0.1, 0.15) is 5.78 Å². The highest BCUT2D eigenvalue weighted by molar-refractivity contribution is 8.03. The van der Waals surface area contributed by atoms with E-state index in [1.54, 1.807) is 26.0 Å². The number of fused-ring (bicyclic) bond motifs is 1. The molecule has 0 amide bonds. The van der Waals surface area contributed by atoms with Crippen LogP contribution < -0.4 is 14.8 Å². The number of hydrogen-bond donors (Lipinski definition) is 1. The summed E-state index contributed by atoms with van der Waals surface area (Å²) < 4.78 is 10.8. The molecule has 2 atom stereocenters. The fourth-order valence-electron chi connectivity index (χ4n) is 4.06. The molecule has 1 aromatic rings. The van der Waals surface area contributed by atoms with Crippen molar-refractivity contribution in [3.8, 4) is 17.6 Å². The largest absolute Gasteiger partial charge is 0.493 e. The van der Waals surface area contributed by atoms with Crippen LogP contribution >= 0.6 is 11.8 Å². The van der Waals surface area contributed by atoms with Crippen LogP contribution in [0.25, 0.3) is 0 Å². The average Bonchev–Trinajstić information content (AvgIpc) is 2.65. The van der Waals surface area contributed by atoms with E-state index in [9.17, 15) is 10.1 Å². The summed E-state index contributed by atoms with van der Waals surface area (Å²) in [6.45, 7) is 6.19. The molecule has 0 radical (unpaired) electrons. The number of thioether (sulfide) groups is 1. The Labute approximate surface area is 170 Å². The van der Waals surface area contributed by atoms with Gasteiger partial charge in [0, 0.05) is 18.0 Å². The van der Waals surface area contributed by atoms with E-state index in [4.69, 9.17) is 9.47 Å². The van der Waals surface area contributed by atoms with Gasteiger partial charge < -0.3 is 14.8 Å². The van der Waals surface area contributed by atoms with Crippen molar-refractivity contribution < 1.29 is 14.3 Å². The Morgan fingerprint density at radius 3 is 2.57 bits per heavy atom. The quantitative estimate of drug-likeness (QED) is 0.794. The minimum Gasteiger partial charge on any atom is -0.493 e. The van der Waals surface area contributed by atoms with Crippen molar-refractivity contribution in [2.45, 2.75) is 33.1 Å². The zero-order valence-corrected chi connectivity index (χ0v) is 17.8. The maximum atomic E-state index is 13.2. The van der Waals surface area contributed by atoms with E-state index in [0.29, 0.717) is 23.5 Å². The summed E-state index contributed by atoms with van der Waals surface area (Å²) >= 11 is 1.60. The summed E-state index contributed by atoms with van der Waals surface area (Å²) in [6.07, 6.45) is 2.61. The fraction of sp³-hybridized carbons (Fsp3) is 0.455. The second-order valence-corrected chi connectivity index (χ2v) is 8.99. The summed E-state index contributed by atoms with van der Waals surface area (Å²) in [5, 5.41) is 14.2. The molecular formula is C22H26N2O3S. The Bertz CT molecular complexity index is 896.